The molecule has 1 amide bonds. The summed E-state index contributed by atoms with van der Waals surface area (Å²) in [6.07, 6.45) is 0. The fourth-order valence-corrected chi connectivity index (χ4v) is 1.92. The van der Waals surface area contributed by atoms with Crippen LogP contribution in [0.4, 0.5) is 11.4 Å². The van der Waals surface area contributed by atoms with E-state index in [0.29, 0.717) is 11.4 Å². The molecule has 0 aliphatic carbocycles. The van der Waals surface area contributed by atoms with Crippen LogP contribution in [0.2, 0.25) is 0 Å². The lowest BCUT2D eigenvalue weighted by atomic mass is 10.1. The number of amides is 1. The van der Waals surface area contributed by atoms with Crippen molar-refractivity contribution in [1.82, 2.24) is 0 Å². The molecule has 2 aromatic carbocycles. The van der Waals surface area contributed by atoms with Crippen molar-refractivity contribution in [2.75, 3.05) is 5.32 Å². The number of hydrogen-bond donors (Lipinski definition) is 2. The van der Waals surface area contributed by atoms with Gasteiger partial charge < -0.3 is 10.1 Å². The lowest BCUT2D eigenvalue weighted by molar-refractivity contribution is -0.730. The molecule has 1 heterocycles. The van der Waals surface area contributed by atoms with Crippen LogP contribution in [0.15, 0.2) is 42.5 Å². The van der Waals surface area contributed by atoms with Crippen LogP contribution >= 0.6 is 0 Å². The number of ether oxygens (including phenoxy) is 1. The second-order valence-electron chi connectivity index (χ2n) is 3.98. The van der Waals surface area contributed by atoms with E-state index in [1.54, 1.807) is 24.3 Å². The van der Waals surface area contributed by atoms with Gasteiger partial charge in [0.1, 0.15) is 0 Å². The molecule has 0 bridgehead atoms. The first-order valence-corrected chi connectivity index (χ1v) is 5.54. The Bertz CT molecular complexity index is 697. The molecule has 0 aromatic heterocycles. The minimum Gasteiger partial charge on any atom is -0.447 e. The molecule has 1 aliphatic heterocycles. The van der Waals surface area contributed by atoms with Crippen molar-refractivity contribution >= 4 is 17.3 Å². The van der Waals surface area contributed by atoms with Gasteiger partial charge in [-0.1, -0.05) is 18.2 Å². The number of para-hydroxylation sites is 3. The van der Waals surface area contributed by atoms with E-state index in [4.69, 9.17) is 9.94 Å². The molecule has 0 fully saturated rings. The highest BCUT2D eigenvalue weighted by Gasteiger charge is 2.30. The number of nitrogens with one attached hydrogen (secondary N) is 1. The first-order chi connectivity index (χ1) is 9.16. The van der Waals surface area contributed by atoms with Crippen LogP contribution in [0.1, 0.15) is 10.4 Å². The molecule has 0 saturated heterocycles. The summed E-state index contributed by atoms with van der Waals surface area (Å²) >= 11 is 0. The molecule has 19 heavy (non-hydrogen) atoms. The predicted octanol–water partition coefficient (Wildman–Crippen LogP) is 2.84. The van der Waals surface area contributed by atoms with E-state index in [0.717, 1.165) is 0 Å². The van der Waals surface area contributed by atoms with Gasteiger partial charge in [-0.05, 0) is 18.2 Å². The van der Waals surface area contributed by atoms with E-state index in [1.165, 1.54) is 18.2 Å². The third-order valence-electron chi connectivity index (χ3n) is 2.79. The standard InChI is InChI=1S/C13H8N2O4/c16-13-8-4-3-6-10(15(17)18)12(8)19-11-7-2-1-5-9(11)14-13/h1-7H,(H-,14,16,17,18)/p+1. The van der Waals surface area contributed by atoms with Crippen LogP contribution in [0, 0.1) is 4.91 Å². The molecule has 0 spiro atoms. The van der Waals surface area contributed by atoms with Crippen LogP contribution in [0.3, 0.4) is 0 Å². The normalized spacial score (nSPS) is 12.5. The molecular weight excluding hydrogens is 248 g/mol. The zero-order chi connectivity index (χ0) is 13.4. The average Bonchev–Trinajstić information content (AvgIpc) is 2.54. The summed E-state index contributed by atoms with van der Waals surface area (Å²) in [5.41, 5.74) is 0.568. The lowest BCUT2D eigenvalue weighted by Gasteiger charge is -2.05. The third-order valence-corrected chi connectivity index (χ3v) is 2.79. The van der Waals surface area contributed by atoms with E-state index < -0.39 is 5.91 Å². The van der Waals surface area contributed by atoms with E-state index in [2.05, 4.69) is 5.32 Å². The number of rotatable bonds is 1. The largest absolute Gasteiger partial charge is 0.447 e. The highest BCUT2D eigenvalue weighted by Crippen LogP contribution is 2.40. The zero-order valence-electron chi connectivity index (χ0n) is 9.66. The minimum absolute atomic E-state index is 0.0300. The summed E-state index contributed by atoms with van der Waals surface area (Å²) in [6, 6.07) is 11.2. The van der Waals surface area contributed by atoms with Crippen molar-refractivity contribution in [3.8, 4) is 11.5 Å². The van der Waals surface area contributed by atoms with Crippen molar-refractivity contribution in [2.45, 2.75) is 0 Å². The summed E-state index contributed by atoms with van der Waals surface area (Å²) in [4.78, 5) is 22.8. The minimum atomic E-state index is -0.399. The van der Waals surface area contributed by atoms with Crippen molar-refractivity contribution in [1.29, 1.82) is 0 Å². The van der Waals surface area contributed by atoms with E-state index >= 15 is 0 Å². The molecule has 2 N–H and O–H groups in total. The Balaban J connectivity index is 2.24. The topological polar surface area (TPSA) is 78.6 Å². The van der Waals surface area contributed by atoms with Gasteiger partial charge in [-0.2, -0.15) is 0 Å². The predicted molar refractivity (Wildman–Crippen MR) is 66.0 cm³/mol. The van der Waals surface area contributed by atoms with Crippen molar-refractivity contribution in [3.63, 3.8) is 0 Å². The molecule has 1 aliphatic rings. The van der Waals surface area contributed by atoms with E-state index in [-0.39, 0.29) is 21.9 Å². The summed E-state index contributed by atoms with van der Waals surface area (Å²) < 4.78 is 5.58. The summed E-state index contributed by atoms with van der Waals surface area (Å²) in [7, 11) is 0. The fraction of sp³-hybridized carbons (Fsp3) is 0. The van der Waals surface area contributed by atoms with Crippen molar-refractivity contribution in [2.24, 2.45) is 0 Å². The van der Waals surface area contributed by atoms with Crippen molar-refractivity contribution < 1.29 is 19.7 Å². The van der Waals surface area contributed by atoms with Crippen LogP contribution in [-0.4, -0.2) is 16.0 Å². The average molecular weight is 257 g/mol. The fourth-order valence-electron chi connectivity index (χ4n) is 1.92. The summed E-state index contributed by atoms with van der Waals surface area (Å²) in [5, 5.41) is 11.8. The molecular formula is C13H9N2O4+. The first-order valence-electron chi connectivity index (χ1n) is 5.54. The molecule has 0 saturated carbocycles. The van der Waals surface area contributed by atoms with Gasteiger partial charge in [0.15, 0.2) is 5.75 Å². The highest BCUT2D eigenvalue weighted by molar-refractivity contribution is 6.08. The van der Waals surface area contributed by atoms with Gasteiger partial charge in [0.2, 0.25) is 5.75 Å². The molecule has 6 nitrogen and oxygen atoms in total. The second-order valence-corrected chi connectivity index (χ2v) is 3.98. The Labute approximate surface area is 107 Å². The van der Waals surface area contributed by atoms with Gasteiger partial charge in [-0.25, -0.2) is 5.21 Å². The highest BCUT2D eigenvalue weighted by atomic mass is 16.6. The van der Waals surface area contributed by atoms with E-state index in [9.17, 15) is 9.70 Å². The van der Waals surface area contributed by atoms with Crippen molar-refractivity contribution in [3.05, 3.63) is 52.9 Å². The number of nitrogens with zero attached hydrogens (tertiary/aromatic N) is 1. The van der Waals surface area contributed by atoms with Crippen LogP contribution in [0.5, 0.6) is 11.5 Å². The van der Waals surface area contributed by atoms with Crippen LogP contribution in [-0.2, 0) is 0 Å². The summed E-state index contributed by atoms with van der Waals surface area (Å²) in [6.45, 7) is 0. The van der Waals surface area contributed by atoms with Crippen LogP contribution < -0.4 is 10.1 Å². The number of benzene rings is 2. The monoisotopic (exact) mass is 257 g/mol. The lowest BCUT2D eigenvalue weighted by Crippen LogP contribution is -2.10. The molecule has 6 heteroatoms. The Morgan fingerprint density at radius 2 is 1.89 bits per heavy atom. The maximum Gasteiger partial charge on any atom is 0.359 e. The Kier molecular flexibility index (Phi) is 2.42. The van der Waals surface area contributed by atoms with Gasteiger partial charge in [-0.3, -0.25) is 4.79 Å². The molecule has 0 radical (unpaired) electrons. The molecule has 2 aromatic rings. The van der Waals surface area contributed by atoms with Gasteiger partial charge in [0.05, 0.1) is 16.2 Å². The van der Waals surface area contributed by atoms with Gasteiger partial charge in [0, 0.05) is 6.07 Å². The maximum atomic E-state index is 12.0. The number of carbonyl (C=O) groups is 1. The Morgan fingerprint density at radius 1 is 1.11 bits per heavy atom. The second kappa shape index (κ2) is 4.09. The molecule has 94 valence electrons. The third kappa shape index (κ3) is 1.79. The Morgan fingerprint density at radius 3 is 2.68 bits per heavy atom. The molecule has 0 atom stereocenters. The number of anilines is 1. The number of carbonyl (C=O) groups excluding carboxylic acids is 1. The smallest absolute Gasteiger partial charge is 0.359 e. The first kappa shape index (κ1) is 11.2. The molecule has 3 rings (SSSR count). The quantitative estimate of drug-likeness (QED) is 0.770. The number of fused-ring (bicyclic) bond motifs is 2. The maximum absolute atomic E-state index is 12.0. The SMILES string of the molecule is O=C1Nc2ccccc2Oc2c1cccc2[N+](=O)O. The summed E-state index contributed by atoms with van der Waals surface area (Å²) in [5.74, 6) is 0.0370. The van der Waals surface area contributed by atoms with Gasteiger partial charge in [0.25, 0.3) is 10.8 Å². The van der Waals surface area contributed by atoms with Gasteiger partial charge >= 0.3 is 5.69 Å². The van der Waals surface area contributed by atoms with E-state index in [1.807, 2.05) is 0 Å². The molecule has 0 unspecified atom stereocenters. The van der Waals surface area contributed by atoms with Gasteiger partial charge in [-0.15, -0.1) is 0 Å². The zero-order valence-corrected chi connectivity index (χ0v) is 9.66. The van der Waals surface area contributed by atoms with Crippen LogP contribution in [0.25, 0.3) is 0 Å². The Hall–Kier alpha value is -2.89. The number of hydrogen-bond acceptors (Lipinski definition) is 3.